The molecular weight excluding hydrogens is 234 g/mol. The topological polar surface area (TPSA) is 66.8 Å². The van der Waals surface area contributed by atoms with E-state index in [-0.39, 0.29) is 5.91 Å². The summed E-state index contributed by atoms with van der Waals surface area (Å²) in [4.78, 5) is 25.1. The van der Waals surface area contributed by atoms with Gasteiger partial charge >= 0.3 is 5.97 Å². The van der Waals surface area contributed by atoms with Gasteiger partial charge in [0.2, 0.25) is 0 Å². The molecule has 3 atom stereocenters. The van der Waals surface area contributed by atoms with Crippen LogP contribution in [0.3, 0.4) is 0 Å². The first-order valence-electron chi connectivity index (χ1n) is 6.74. The number of carboxylic acid groups (broad SMARTS) is 1. The maximum atomic E-state index is 12.3. The van der Waals surface area contributed by atoms with E-state index in [4.69, 9.17) is 4.74 Å². The van der Waals surface area contributed by atoms with Crippen molar-refractivity contribution < 1.29 is 19.4 Å². The Morgan fingerprint density at radius 1 is 1.28 bits per heavy atom. The number of hydrogen-bond donors (Lipinski definition) is 1. The van der Waals surface area contributed by atoms with Crippen LogP contribution in [0.15, 0.2) is 0 Å². The molecule has 1 amide bonds. The lowest BCUT2D eigenvalue weighted by molar-refractivity contribution is -0.160. The van der Waals surface area contributed by atoms with Crippen molar-refractivity contribution in [1.82, 2.24) is 4.90 Å². The molecule has 2 saturated heterocycles. The molecule has 102 valence electrons. The Balaban J connectivity index is 2.04. The van der Waals surface area contributed by atoms with Crippen molar-refractivity contribution in [3.05, 3.63) is 0 Å². The molecule has 5 heteroatoms. The van der Waals surface area contributed by atoms with Crippen LogP contribution in [0, 0.1) is 5.92 Å². The Bertz CT molecular complexity index is 325. The highest BCUT2D eigenvalue weighted by Gasteiger charge is 2.38. The van der Waals surface area contributed by atoms with E-state index < -0.39 is 18.1 Å². The van der Waals surface area contributed by atoms with E-state index in [2.05, 4.69) is 0 Å². The highest BCUT2D eigenvalue weighted by atomic mass is 16.5. The van der Waals surface area contributed by atoms with Crippen molar-refractivity contribution in [2.75, 3.05) is 13.2 Å². The minimum Gasteiger partial charge on any atom is -0.480 e. The number of rotatable bonds is 2. The van der Waals surface area contributed by atoms with Crippen molar-refractivity contribution in [2.45, 2.75) is 51.2 Å². The van der Waals surface area contributed by atoms with Gasteiger partial charge in [-0.3, -0.25) is 4.79 Å². The molecular formula is C13H21NO4. The molecule has 1 N–H and O–H groups in total. The van der Waals surface area contributed by atoms with E-state index in [9.17, 15) is 14.7 Å². The van der Waals surface area contributed by atoms with E-state index in [0.29, 0.717) is 25.5 Å². The lowest BCUT2D eigenvalue weighted by Gasteiger charge is -2.38. The van der Waals surface area contributed by atoms with E-state index in [1.807, 2.05) is 6.92 Å². The number of likely N-dealkylation sites (tertiary alicyclic amines) is 1. The van der Waals surface area contributed by atoms with E-state index in [1.165, 1.54) is 4.90 Å². The number of carbonyl (C=O) groups excluding carboxylic acids is 1. The SMILES string of the molecule is CC1CCN(C(=O)C2CCCCO2)C(C(=O)O)C1. The van der Waals surface area contributed by atoms with Crippen molar-refractivity contribution in [1.29, 1.82) is 0 Å². The predicted octanol–water partition coefficient (Wildman–Crippen LogP) is 1.27. The van der Waals surface area contributed by atoms with Gasteiger partial charge in [-0.05, 0) is 38.0 Å². The molecule has 2 rings (SSSR count). The number of amides is 1. The second-order valence-electron chi connectivity index (χ2n) is 5.37. The van der Waals surface area contributed by atoms with Gasteiger partial charge in [0.25, 0.3) is 5.91 Å². The molecule has 3 unspecified atom stereocenters. The number of aliphatic carboxylic acids is 1. The summed E-state index contributed by atoms with van der Waals surface area (Å²) >= 11 is 0. The average molecular weight is 255 g/mol. The molecule has 18 heavy (non-hydrogen) atoms. The highest BCUT2D eigenvalue weighted by molar-refractivity contribution is 5.86. The highest BCUT2D eigenvalue weighted by Crippen LogP contribution is 2.25. The maximum Gasteiger partial charge on any atom is 0.326 e. The Morgan fingerprint density at radius 3 is 2.67 bits per heavy atom. The monoisotopic (exact) mass is 255 g/mol. The molecule has 0 aromatic heterocycles. The van der Waals surface area contributed by atoms with Crippen LogP contribution in [0.2, 0.25) is 0 Å². The smallest absolute Gasteiger partial charge is 0.326 e. The van der Waals surface area contributed by atoms with Gasteiger partial charge in [0.15, 0.2) is 0 Å². The summed E-state index contributed by atoms with van der Waals surface area (Å²) in [5, 5.41) is 9.24. The van der Waals surface area contributed by atoms with Gasteiger partial charge in [0.1, 0.15) is 12.1 Å². The third kappa shape index (κ3) is 2.83. The van der Waals surface area contributed by atoms with Crippen molar-refractivity contribution in [3.8, 4) is 0 Å². The second-order valence-corrected chi connectivity index (χ2v) is 5.37. The standard InChI is InChI=1S/C13H21NO4/c1-9-5-6-14(10(8-9)13(16)17)12(15)11-4-2-3-7-18-11/h9-11H,2-8H2,1H3,(H,16,17). The van der Waals surface area contributed by atoms with Gasteiger partial charge in [-0.2, -0.15) is 0 Å². The summed E-state index contributed by atoms with van der Waals surface area (Å²) in [6, 6.07) is -0.674. The summed E-state index contributed by atoms with van der Waals surface area (Å²) in [6.07, 6.45) is 3.70. The third-order valence-electron chi connectivity index (χ3n) is 3.89. The molecule has 0 radical (unpaired) electrons. The van der Waals surface area contributed by atoms with Gasteiger partial charge in [-0.1, -0.05) is 6.92 Å². The molecule has 2 aliphatic rings. The molecule has 2 fully saturated rings. The molecule has 0 aliphatic carbocycles. The van der Waals surface area contributed by atoms with E-state index in [0.717, 1.165) is 25.7 Å². The third-order valence-corrected chi connectivity index (χ3v) is 3.89. The molecule has 0 aromatic rings. The van der Waals surface area contributed by atoms with Crippen LogP contribution in [0.1, 0.15) is 39.0 Å². The van der Waals surface area contributed by atoms with Gasteiger partial charge in [0.05, 0.1) is 0 Å². The van der Waals surface area contributed by atoms with Crippen LogP contribution in [-0.2, 0) is 14.3 Å². The molecule has 0 spiro atoms. The molecule has 0 bridgehead atoms. The molecule has 5 nitrogen and oxygen atoms in total. The summed E-state index contributed by atoms with van der Waals surface area (Å²) in [6.45, 7) is 3.18. The van der Waals surface area contributed by atoms with Gasteiger partial charge < -0.3 is 14.7 Å². The van der Waals surface area contributed by atoms with Crippen molar-refractivity contribution in [2.24, 2.45) is 5.92 Å². The normalized spacial score (nSPS) is 33.2. The molecule has 2 aliphatic heterocycles. The largest absolute Gasteiger partial charge is 0.480 e. The first-order chi connectivity index (χ1) is 8.59. The molecule has 2 heterocycles. The van der Waals surface area contributed by atoms with Gasteiger partial charge in [-0.15, -0.1) is 0 Å². The Kier molecular flexibility index (Phi) is 4.22. The van der Waals surface area contributed by atoms with Gasteiger partial charge in [0, 0.05) is 13.2 Å². The van der Waals surface area contributed by atoms with Crippen LogP contribution in [0.25, 0.3) is 0 Å². The minimum atomic E-state index is -0.897. The van der Waals surface area contributed by atoms with E-state index in [1.54, 1.807) is 0 Å². The molecule has 0 aromatic carbocycles. The molecule has 0 saturated carbocycles. The maximum absolute atomic E-state index is 12.3. The summed E-state index contributed by atoms with van der Waals surface area (Å²) in [5.74, 6) is -0.665. The van der Waals surface area contributed by atoms with Crippen LogP contribution >= 0.6 is 0 Å². The van der Waals surface area contributed by atoms with Crippen LogP contribution in [-0.4, -0.2) is 47.2 Å². The summed E-state index contributed by atoms with van der Waals surface area (Å²) < 4.78 is 5.46. The van der Waals surface area contributed by atoms with Crippen LogP contribution in [0.4, 0.5) is 0 Å². The summed E-state index contributed by atoms with van der Waals surface area (Å²) in [7, 11) is 0. The second kappa shape index (κ2) is 5.69. The first kappa shape index (κ1) is 13.3. The fourth-order valence-corrected chi connectivity index (χ4v) is 2.76. The Morgan fingerprint density at radius 2 is 2.06 bits per heavy atom. The Labute approximate surface area is 107 Å². The number of hydrogen-bond acceptors (Lipinski definition) is 3. The lowest BCUT2D eigenvalue weighted by Crippen LogP contribution is -2.53. The van der Waals surface area contributed by atoms with Gasteiger partial charge in [-0.25, -0.2) is 4.79 Å². The first-order valence-corrected chi connectivity index (χ1v) is 6.74. The fourth-order valence-electron chi connectivity index (χ4n) is 2.76. The van der Waals surface area contributed by atoms with Crippen LogP contribution in [0.5, 0.6) is 0 Å². The zero-order chi connectivity index (χ0) is 13.1. The average Bonchev–Trinajstić information content (AvgIpc) is 2.39. The fraction of sp³-hybridized carbons (Fsp3) is 0.846. The Hall–Kier alpha value is -1.10. The zero-order valence-corrected chi connectivity index (χ0v) is 10.8. The number of carboxylic acids is 1. The van der Waals surface area contributed by atoms with E-state index >= 15 is 0 Å². The quantitative estimate of drug-likeness (QED) is 0.807. The number of carbonyl (C=O) groups is 2. The van der Waals surface area contributed by atoms with Crippen LogP contribution < -0.4 is 0 Å². The van der Waals surface area contributed by atoms with Crippen molar-refractivity contribution in [3.63, 3.8) is 0 Å². The summed E-state index contributed by atoms with van der Waals surface area (Å²) in [5.41, 5.74) is 0. The lowest BCUT2D eigenvalue weighted by atomic mass is 9.91. The number of ether oxygens (including phenoxy) is 1. The number of piperidine rings is 1. The minimum absolute atomic E-state index is 0.131. The predicted molar refractivity (Wildman–Crippen MR) is 65.1 cm³/mol. The zero-order valence-electron chi connectivity index (χ0n) is 10.8. The number of nitrogens with zero attached hydrogens (tertiary/aromatic N) is 1. The van der Waals surface area contributed by atoms with Crippen molar-refractivity contribution >= 4 is 11.9 Å².